The van der Waals surface area contributed by atoms with Gasteiger partial charge in [0.05, 0.1) is 37.6 Å². The van der Waals surface area contributed by atoms with E-state index in [1.807, 2.05) is 53.9 Å². The molecule has 0 aliphatic heterocycles. The zero-order valence-electron chi connectivity index (χ0n) is 17.4. The van der Waals surface area contributed by atoms with Crippen LogP contribution in [0.15, 0.2) is 65.3 Å². The molecule has 0 aliphatic carbocycles. The van der Waals surface area contributed by atoms with Crippen LogP contribution in [0.25, 0.3) is 22.5 Å². The van der Waals surface area contributed by atoms with Gasteiger partial charge in [0, 0.05) is 16.5 Å². The summed E-state index contributed by atoms with van der Waals surface area (Å²) in [4.78, 5) is 21.5. The van der Waals surface area contributed by atoms with Gasteiger partial charge in [-0.15, -0.1) is 11.3 Å². The number of anilines is 1. The lowest BCUT2D eigenvalue weighted by atomic mass is 10.1. The minimum Gasteiger partial charge on any atom is -0.497 e. The molecule has 2 aromatic carbocycles. The summed E-state index contributed by atoms with van der Waals surface area (Å²) in [5.74, 6) is 7.33. The number of carbonyl (C=O) groups is 1. The predicted molar refractivity (Wildman–Crippen MR) is 128 cm³/mol. The summed E-state index contributed by atoms with van der Waals surface area (Å²) in [6.45, 7) is 0. The number of amides is 1. The van der Waals surface area contributed by atoms with Gasteiger partial charge >= 0.3 is 0 Å². The molecule has 0 saturated carbocycles. The van der Waals surface area contributed by atoms with E-state index in [1.54, 1.807) is 20.4 Å². The fraction of sp³-hybridized carbons (Fsp3) is 0.136. The minimum absolute atomic E-state index is 0.153. The first-order chi connectivity index (χ1) is 15.6. The van der Waals surface area contributed by atoms with E-state index in [1.165, 1.54) is 27.8 Å². The Bertz CT molecular complexity index is 1220. The molecule has 0 spiro atoms. The number of methoxy groups -OCH3 is 2. The Morgan fingerprint density at radius 2 is 1.94 bits per heavy atom. The Kier molecular flexibility index (Phi) is 6.62. The number of nitrogens with one attached hydrogen (secondary N) is 1. The largest absolute Gasteiger partial charge is 0.497 e. The van der Waals surface area contributed by atoms with Crippen LogP contribution in [0.3, 0.4) is 0 Å². The predicted octanol–water partition coefficient (Wildman–Crippen LogP) is 4.14. The molecule has 8 nitrogen and oxygen atoms in total. The zero-order chi connectivity index (χ0) is 22.5. The van der Waals surface area contributed by atoms with Gasteiger partial charge in [-0.25, -0.2) is 14.6 Å². The molecule has 164 valence electrons. The normalized spacial score (nSPS) is 10.7. The number of nitrogens with zero attached hydrogens (tertiary/aromatic N) is 3. The third-order valence-electron chi connectivity index (χ3n) is 4.53. The number of benzene rings is 2. The van der Waals surface area contributed by atoms with E-state index in [9.17, 15) is 4.79 Å². The highest BCUT2D eigenvalue weighted by Gasteiger charge is 2.15. The molecular formula is C22H21N5O3S2. The Morgan fingerprint density at radius 1 is 1.12 bits per heavy atom. The summed E-state index contributed by atoms with van der Waals surface area (Å²) in [5, 5.41) is 5.74. The van der Waals surface area contributed by atoms with Crippen molar-refractivity contribution in [2.24, 2.45) is 0 Å². The second kappa shape index (κ2) is 9.75. The lowest BCUT2D eigenvalue weighted by Crippen LogP contribution is -2.15. The fourth-order valence-corrected chi connectivity index (χ4v) is 4.41. The SMILES string of the molecule is COc1ccc(OC)c(-c2csc(NC(=O)CSc3nc(-c4ccccc4)cn3N)n2)c1. The van der Waals surface area contributed by atoms with E-state index >= 15 is 0 Å². The molecule has 10 heteroatoms. The maximum absolute atomic E-state index is 12.5. The second-order valence-corrected chi connectivity index (χ2v) is 8.42. The van der Waals surface area contributed by atoms with Gasteiger partial charge in [-0.05, 0) is 18.2 Å². The van der Waals surface area contributed by atoms with E-state index < -0.39 is 0 Å². The van der Waals surface area contributed by atoms with Crippen LogP contribution in [0.4, 0.5) is 5.13 Å². The van der Waals surface area contributed by atoms with Crippen LogP contribution in [0, 0.1) is 0 Å². The molecule has 4 rings (SSSR count). The quantitative estimate of drug-likeness (QED) is 0.296. The fourth-order valence-electron chi connectivity index (χ4n) is 2.99. The average molecular weight is 468 g/mol. The molecule has 0 bridgehead atoms. The third kappa shape index (κ3) is 4.87. The summed E-state index contributed by atoms with van der Waals surface area (Å²) in [6.07, 6.45) is 1.74. The van der Waals surface area contributed by atoms with Crippen LogP contribution in [0.5, 0.6) is 11.5 Å². The summed E-state index contributed by atoms with van der Waals surface area (Å²) < 4.78 is 12.1. The number of rotatable bonds is 8. The first-order valence-corrected chi connectivity index (χ1v) is 11.4. The minimum atomic E-state index is -0.197. The number of ether oxygens (including phenoxy) is 2. The summed E-state index contributed by atoms with van der Waals surface area (Å²) in [6, 6.07) is 15.2. The maximum atomic E-state index is 12.5. The maximum Gasteiger partial charge on any atom is 0.236 e. The van der Waals surface area contributed by atoms with E-state index in [-0.39, 0.29) is 11.7 Å². The van der Waals surface area contributed by atoms with Crippen molar-refractivity contribution in [1.29, 1.82) is 0 Å². The van der Waals surface area contributed by atoms with E-state index in [0.29, 0.717) is 27.5 Å². The highest BCUT2D eigenvalue weighted by molar-refractivity contribution is 7.99. The number of aromatic nitrogens is 3. The van der Waals surface area contributed by atoms with Crippen molar-refractivity contribution in [2.75, 3.05) is 31.1 Å². The van der Waals surface area contributed by atoms with Gasteiger partial charge in [0.2, 0.25) is 5.91 Å². The monoisotopic (exact) mass is 467 g/mol. The standard InChI is InChI=1S/C22H21N5O3S2/c1-29-15-8-9-19(30-2)16(10-15)18-12-31-21(24-18)26-20(28)13-32-22-25-17(11-27(22)23)14-6-4-3-5-7-14/h3-12H,13,23H2,1-2H3,(H,24,26,28). The van der Waals surface area contributed by atoms with Gasteiger partial charge in [-0.1, -0.05) is 42.1 Å². The lowest BCUT2D eigenvalue weighted by Gasteiger charge is -2.08. The summed E-state index contributed by atoms with van der Waals surface area (Å²) in [7, 11) is 3.20. The molecule has 0 fully saturated rings. The molecule has 0 saturated heterocycles. The van der Waals surface area contributed by atoms with Crippen molar-refractivity contribution in [3.05, 3.63) is 60.1 Å². The highest BCUT2D eigenvalue weighted by Crippen LogP contribution is 2.35. The molecule has 0 unspecified atom stereocenters. The topological polar surface area (TPSA) is 104 Å². The Hall–Kier alpha value is -3.50. The number of nitrogen functional groups attached to an aromatic ring is 1. The van der Waals surface area contributed by atoms with Gasteiger partial charge in [0.25, 0.3) is 0 Å². The Balaban J connectivity index is 1.40. The molecular weight excluding hydrogens is 446 g/mol. The Labute approximate surface area is 193 Å². The van der Waals surface area contributed by atoms with E-state index in [2.05, 4.69) is 15.3 Å². The Morgan fingerprint density at radius 3 is 2.69 bits per heavy atom. The average Bonchev–Trinajstić information content (AvgIpc) is 3.44. The number of carbonyl (C=O) groups excluding carboxylic acids is 1. The van der Waals surface area contributed by atoms with Crippen molar-refractivity contribution in [2.45, 2.75) is 5.16 Å². The van der Waals surface area contributed by atoms with E-state index in [0.717, 1.165) is 16.8 Å². The first kappa shape index (κ1) is 21.7. The van der Waals surface area contributed by atoms with Gasteiger partial charge in [-0.3, -0.25) is 4.79 Å². The van der Waals surface area contributed by atoms with Crippen molar-refractivity contribution in [3.63, 3.8) is 0 Å². The molecule has 2 aromatic heterocycles. The molecule has 0 aliphatic rings. The molecule has 0 atom stereocenters. The third-order valence-corrected chi connectivity index (χ3v) is 6.26. The summed E-state index contributed by atoms with van der Waals surface area (Å²) in [5.41, 5.74) is 3.20. The van der Waals surface area contributed by atoms with Gasteiger partial charge in [0.15, 0.2) is 10.3 Å². The van der Waals surface area contributed by atoms with Crippen molar-refractivity contribution < 1.29 is 14.3 Å². The molecule has 4 aromatic rings. The van der Waals surface area contributed by atoms with Gasteiger partial charge < -0.3 is 20.6 Å². The lowest BCUT2D eigenvalue weighted by molar-refractivity contribution is -0.113. The molecule has 2 heterocycles. The van der Waals surface area contributed by atoms with Gasteiger partial charge in [-0.2, -0.15) is 0 Å². The van der Waals surface area contributed by atoms with E-state index in [4.69, 9.17) is 15.3 Å². The number of thioether (sulfide) groups is 1. The number of hydrogen-bond acceptors (Lipinski definition) is 8. The van der Waals surface area contributed by atoms with Crippen LogP contribution in [0.1, 0.15) is 0 Å². The number of hydrogen-bond donors (Lipinski definition) is 2. The highest BCUT2D eigenvalue weighted by atomic mass is 32.2. The molecule has 0 radical (unpaired) electrons. The molecule has 3 N–H and O–H groups in total. The second-order valence-electron chi connectivity index (χ2n) is 6.62. The number of thiazole rings is 1. The van der Waals surface area contributed by atoms with Crippen molar-refractivity contribution in [1.82, 2.24) is 14.6 Å². The molecule has 32 heavy (non-hydrogen) atoms. The van der Waals surface area contributed by atoms with Crippen molar-refractivity contribution in [3.8, 4) is 34.0 Å². The summed E-state index contributed by atoms with van der Waals surface area (Å²) >= 11 is 2.60. The van der Waals surface area contributed by atoms with Crippen LogP contribution >= 0.6 is 23.1 Å². The number of imidazole rings is 1. The van der Waals surface area contributed by atoms with Crippen LogP contribution in [-0.4, -0.2) is 40.5 Å². The first-order valence-electron chi connectivity index (χ1n) is 9.58. The van der Waals surface area contributed by atoms with Crippen LogP contribution in [0.2, 0.25) is 0 Å². The van der Waals surface area contributed by atoms with Crippen molar-refractivity contribution >= 4 is 34.1 Å². The number of nitrogens with two attached hydrogens (primary N) is 1. The molecule has 1 amide bonds. The van der Waals surface area contributed by atoms with Gasteiger partial charge in [0.1, 0.15) is 11.5 Å². The zero-order valence-corrected chi connectivity index (χ0v) is 19.1. The smallest absolute Gasteiger partial charge is 0.236 e. The van der Waals surface area contributed by atoms with Crippen LogP contribution in [-0.2, 0) is 4.79 Å². The van der Waals surface area contributed by atoms with Crippen LogP contribution < -0.4 is 20.6 Å².